The topological polar surface area (TPSA) is 99.5 Å². The van der Waals surface area contributed by atoms with Gasteiger partial charge in [-0.2, -0.15) is 0 Å². The molecule has 0 aliphatic rings. The first-order chi connectivity index (χ1) is 7.91. The third-order valence-corrected chi connectivity index (χ3v) is 2.24. The Morgan fingerprint density at radius 3 is 2.41 bits per heavy atom. The third-order valence-electron chi connectivity index (χ3n) is 2.24. The zero-order valence-electron chi connectivity index (χ0n) is 9.54. The van der Waals surface area contributed by atoms with Crippen LogP contribution in [0.1, 0.15) is 24.2 Å². The van der Waals surface area contributed by atoms with E-state index in [1.54, 1.807) is 13.8 Å². The number of carboxylic acids is 2. The number of anilines is 1. The summed E-state index contributed by atoms with van der Waals surface area (Å²) >= 11 is 0. The molecule has 1 atom stereocenters. The van der Waals surface area contributed by atoms with Gasteiger partial charge in [0.15, 0.2) is 0 Å². The van der Waals surface area contributed by atoms with Gasteiger partial charge in [-0.25, -0.2) is 9.59 Å². The predicted octanol–water partition coefficient (Wildman–Crippen LogP) is 1.30. The van der Waals surface area contributed by atoms with E-state index in [1.807, 2.05) is 0 Å². The second kappa shape index (κ2) is 5.29. The highest BCUT2D eigenvalue weighted by Crippen LogP contribution is 2.13. The lowest BCUT2D eigenvalue weighted by molar-refractivity contribution is -0.138. The summed E-state index contributed by atoms with van der Waals surface area (Å²) in [5, 5.41) is 20.5. The summed E-state index contributed by atoms with van der Waals surface area (Å²) in [6, 6.07) is 0.578. The average Bonchev–Trinajstić information content (AvgIpc) is 2.25. The first-order valence-electron chi connectivity index (χ1n) is 5.09. The second-order valence-electron chi connectivity index (χ2n) is 3.97. The van der Waals surface area contributed by atoms with E-state index >= 15 is 0 Å². The van der Waals surface area contributed by atoms with Crippen molar-refractivity contribution < 1.29 is 19.8 Å². The van der Waals surface area contributed by atoms with Gasteiger partial charge in [-0.15, -0.1) is 0 Å². The Kier molecular flexibility index (Phi) is 4.03. The number of pyridine rings is 1. The zero-order chi connectivity index (χ0) is 13.0. The van der Waals surface area contributed by atoms with Gasteiger partial charge in [0.1, 0.15) is 6.04 Å². The van der Waals surface area contributed by atoms with Crippen LogP contribution in [0.25, 0.3) is 0 Å². The minimum absolute atomic E-state index is 0.0166. The lowest BCUT2D eigenvalue weighted by atomic mass is 10.0. The zero-order valence-corrected chi connectivity index (χ0v) is 9.54. The van der Waals surface area contributed by atoms with Gasteiger partial charge in [0, 0.05) is 6.20 Å². The van der Waals surface area contributed by atoms with Crippen molar-refractivity contribution >= 4 is 17.6 Å². The van der Waals surface area contributed by atoms with E-state index in [0.29, 0.717) is 5.69 Å². The second-order valence-corrected chi connectivity index (χ2v) is 3.97. The van der Waals surface area contributed by atoms with Gasteiger partial charge in [0.05, 0.1) is 17.4 Å². The molecule has 6 nitrogen and oxygen atoms in total. The van der Waals surface area contributed by atoms with Crippen molar-refractivity contribution in [3.05, 3.63) is 24.0 Å². The van der Waals surface area contributed by atoms with Crippen molar-refractivity contribution in [3.8, 4) is 0 Å². The summed E-state index contributed by atoms with van der Waals surface area (Å²) in [6.45, 7) is 3.53. The molecule has 0 bridgehead atoms. The smallest absolute Gasteiger partial charge is 0.337 e. The Morgan fingerprint density at radius 1 is 1.29 bits per heavy atom. The van der Waals surface area contributed by atoms with Crippen LogP contribution in [-0.4, -0.2) is 33.2 Å². The summed E-state index contributed by atoms with van der Waals surface area (Å²) in [7, 11) is 0. The quantitative estimate of drug-likeness (QED) is 0.715. The van der Waals surface area contributed by atoms with Gasteiger partial charge in [0.2, 0.25) is 0 Å². The molecular weight excluding hydrogens is 224 g/mol. The van der Waals surface area contributed by atoms with Crippen LogP contribution in [0.5, 0.6) is 0 Å². The van der Waals surface area contributed by atoms with Crippen molar-refractivity contribution in [1.29, 1.82) is 0 Å². The van der Waals surface area contributed by atoms with Crippen molar-refractivity contribution in [1.82, 2.24) is 4.98 Å². The van der Waals surface area contributed by atoms with E-state index < -0.39 is 18.0 Å². The maximum absolute atomic E-state index is 11.0. The Morgan fingerprint density at radius 2 is 1.94 bits per heavy atom. The van der Waals surface area contributed by atoms with Crippen LogP contribution >= 0.6 is 0 Å². The number of rotatable bonds is 5. The molecule has 0 radical (unpaired) electrons. The number of nitrogens with one attached hydrogen (secondary N) is 1. The van der Waals surface area contributed by atoms with Crippen LogP contribution in [0.2, 0.25) is 0 Å². The molecule has 0 amide bonds. The van der Waals surface area contributed by atoms with Crippen molar-refractivity contribution in [2.75, 3.05) is 5.32 Å². The molecule has 1 rings (SSSR count). The summed E-state index contributed by atoms with van der Waals surface area (Å²) in [6.07, 6.45) is 2.60. The SMILES string of the molecule is CC(C)C(Nc1cncc(C(=O)O)c1)C(=O)O. The van der Waals surface area contributed by atoms with Gasteiger partial charge < -0.3 is 15.5 Å². The Labute approximate surface area is 98.3 Å². The van der Waals surface area contributed by atoms with Crippen molar-refractivity contribution in [2.45, 2.75) is 19.9 Å². The number of aromatic nitrogens is 1. The number of nitrogens with zero attached hydrogens (tertiary/aromatic N) is 1. The maximum Gasteiger partial charge on any atom is 0.337 e. The Bertz CT molecular complexity index is 431. The van der Waals surface area contributed by atoms with E-state index in [1.165, 1.54) is 18.5 Å². The number of aromatic carboxylic acids is 1. The molecule has 6 heteroatoms. The molecule has 0 aliphatic heterocycles. The molecule has 17 heavy (non-hydrogen) atoms. The van der Waals surface area contributed by atoms with Crippen LogP contribution in [0, 0.1) is 5.92 Å². The van der Waals surface area contributed by atoms with E-state index in [4.69, 9.17) is 10.2 Å². The third kappa shape index (κ3) is 3.44. The molecule has 92 valence electrons. The highest BCUT2D eigenvalue weighted by atomic mass is 16.4. The summed E-state index contributed by atoms with van der Waals surface area (Å²) in [4.78, 5) is 25.4. The number of aliphatic carboxylic acids is 1. The minimum Gasteiger partial charge on any atom is -0.480 e. The Balaban J connectivity index is 2.90. The molecule has 0 saturated heterocycles. The molecule has 0 spiro atoms. The van der Waals surface area contributed by atoms with E-state index in [0.717, 1.165) is 0 Å². The molecule has 1 aromatic heterocycles. The van der Waals surface area contributed by atoms with Crippen LogP contribution in [0.15, 0.2) is 18.5 Å². The van der Waals surface area contributed by atoms with Crippen LogP contribution < -0.4 is 5.32 Å². The lowest BCUT2D eigenvalue weighted by Gasteiger charge is -2.18. The maximum atomic E-state index is 11.0. The number of carboxylic acid groups (broad SMARTS) is 2. The largest absolute Gasteiger partial charge is 0.480 e. The van der Waals surface area contributed by atoms with Crippen LogP contribution in [-0.2, 0) is 4.79 Å². The standard InChI is InChI=1S/C11H14N2O4/c1-6(2)9(11(16)17)13-8-3-7(10(14)15)4-12-5-8/h3-6,9,13H,1-2H3,(H,14,15)(H,16,17). The summed E-state index contributed by atoms with van der Waals surface area (Å²) < 4.78 is 0. The van der Waals surface area contributed by atoms with Crippen LogP contribution in [0.3, 0.4) is 0 Å². The molecule has 3 N–H and O–H groups in total. The van der Waals surface area contributed by atoms with E-state index in [9.17, 15) is 9.59 Å². The fourth-order valence-corrected chi connectivity index (χ4v) is 1.33. The summed E-state index contributed by atoms with van der Waals surface area (Å²) in [5.41, 5.74) is 0.397. The first kappa shape index (κ1) is 13.0. The van der Waals surface area contributed by atoms with Crippen molar-refractivity contribution in [3.63, 3.8) is 0 Å². The average molecular weight is 238 g/mol. The molecule has 1 heterocycles. The van der Waals surface area contributed by atoms with Gasteiger partial charge in [-0.1, -0.05) is 13.8 Å². The fourth-order valence-electron chi connectivity index (χ4n) is 1.33. The van der Waals surface area contributed by atoms with Gasteiger partial charge >= 0.3 is 11.9 Å². The molecule has 0 saturated carbocycles. The van der Waals surface area contributed by atoms with Gasteiger partial charge in [-0.3, -0.25) is 4.98 Å². The monoisotopic (exact) mass is 238 g/mol. The fraction of sp³-hybridized carbons (Fsp3) is 0.364. The van der Waals surface area contributed by atoms with Gasteiger partial charge in [0.25, 0.3) is 0 Å². The summed E-state index contributed by atoms with van der Waals surface area (Å²) in [5.74, 6) is -2.21. The van der Waals surface area contributed by atoms with E-state index in [-0.39, 0.29) is 11.5 Å². The molecular formula is C11H14N2O4. The molecule has 0 aromatic carbocycles. The predicted molar refractivity (Wildman–Crippen MR) is 61.1 cm³/mol. The molecule has 1 aromatic rings. The van der Waals surface area contributed by atoms with Gasteiger partial charge in [-0.05, 0) is 12.0 Å². The molecule has 0 fully saturated rings. The van der Waals surface area contributed by atoms with Crippen LogP contribution in [0.4, 0.5) is 5.69 Å². The Hall–Kier alpha value is -2.11. The first-order valence-corrected chi connectivity index (χ1v) is 5.09. The molecule has 1 unspecified atom stereocenters. The number of hydrogen-bond acceptors (Lipinski definition) is 4. The number of hydrogen-bond donors (Lipinski definition) is 3. The van der Waals surface area contributed by atoms with E-state index in [2.05, 4.69) is 10.3 Å². The molecule has 0 aliphatic carbocycles. The highest BCUT2D eigenvalue weighted by molar-refractivity contribution is 5.88. The minimum atomic E-state index is -1.10. The van der Waals surface area contributed by atoms with Crippen molar-refractivity contribution in [2.24, 2.45) is 5.92 Å². The normalized spacial score (nSPS) is 12.2. The highest BCUT2D eigenvalue weighted by Gasteiger charge is 2.21. The lowest BCUT2D eigenvalue weighted by Crippen LogP contribution is -2.34. The number of carbonyl (C=O) groups is 2.